The minimum atomic E-state index is 0.0168. The highest BCUT2D eigenvalue weighted by Gasteiger charge is 2.04. The topological polar surface area (TPSA) is 80.0 Å². The van der Waals surface area contributed by atoms with Gasteiger partial charge in [-0.05, 0) is 35.8 Å². The second kappa shape index (κ2) is 6.44. The summed E-state index contributed by atoms with van der Waals surface area (Å²) in [4.78, 5) is 15.5. The van der Waals surface area contributed by atoms with Gasteiger partial charge in [-0.3, -0.25) is 4.79 Å². The van der Waals surface area contributed by atoms with E-state index in [9.17, 15) is 4.79 Å². The van der Waals surface area contributed by atoms with Crippen LogP contribution in [0.4, 0.5) is 11.5 Å². The monoisotopic (exact) mass is 300 g/mol. The van der Waals surface area contributed by atoms with E-state index in [1.54, 1.807) is 12.3 Å². The van der Waals surface area contributed by atoms with E-state index in [0.29, 0.717) is 24.5 Å². The van der Waals surface area contributed by atoms with Crippen LogP contribution < -0.4 is 16.4 Å². The van der Waals surface area contributed by atoms with Gasteiger partial charge in [0.15, 0.2) is 0 Å². The van der Waals surface area contributed by atoms with Crippen LogP contribution in [0.3, 0.4) is 0 Å². The number of nitrogen functional groups attached to an aromatic ring is 1. The largest absolute Gasteiger partial charge is 0.396 e. The fourth-order valence-electron chi connectivity index (χ4n) is 1.29. The number of anilines is 2. The minimum absolute atomic E-state index is 0.0168. The van der Waals surface area contributed by atoms with Gasteiger partial charge < -0.3 is 16.4 Å². The molecule has 0 bridgehead atoms. The number of nitrogens with two attached hydrogens (primary N) is 1. The van der Waals surface area contributed by atoms with Crippen molar-refractivity contribution in [3.8, 4) is 0 Å². The van der Waals surface area contributed by atoms with Crippen LogP contribution in [0.25, 0.3) is 0 Å². The van der Waals surface area contributed by atoms with Crippen molar-refractivity contribution in [1.82, 2.24) is 10.3 Å². The van der Waals surface area contributed by atoms with E-state index in [1.807, 2.05) is 13.8 Å². The Kier molecular flexibility index (Phi) is 5.21. The fraction of sp³-hybridized carbons (Fsp3) is 0.455. The number of hydrogen-bond acceptors (Lipinski definition) is 4. The van der Waals surface area contributed by atoms with Gasteiger partial charge in [-0.2, -0.15) is 0 Å². The lowest BCUT2D eigenvalue weighted by Crippen LogP contribution is -2.31. The Bertz CT molecular complexity index is 395. The fourth-order valence-corrected chi connectivity index (χ4v) is 1.64. The van der Waals surface area contributed by atoms with Gasteiger partial charge in [0, 0.05) is 29.7 Å². The third-order valence-electron chi connectivity index (χ3n) is 1.98. The van der Waals surface area contributed by atoms with Crippen LogP contribution in [0, 0.1) is 0 Å². The Morgan fingerprint density at radius 3 is 2.88 bits per heavy atom. The Morgan fingerprint density at radius 1 is 1.59 bits per heavy atom. The lowest BCUT2D eigenvalue weighted by atomic mass is 10.3. The first-order chi connectivity index (χ1) is 7.99. The zero-order valence-electron chi connectivity index (χ0n) is 9.96. The molecule has 0 unspecified atom stereocenters. The van der Waals surface area contributed by atoms with E-state index in [0.717, 1.165) is 4.47 Å². The van der Waals surface area contributed by atoms with Crippen molar-refractivity contribution in [3.63, 3.8) is 0 Å². The van der Waals surface area contributed by atoms with Gasteiger partial charge in [0.25, 0.3) is 0 Å². The van der Waals surface area contributed by atoms with Crippen LogP contribution in [-0.2, 0) is 4.79 Å². The highest BCUT2D eigenvalue weighted by molar-refractivity contribution is 9.10. The molecule has 94 valence electrons. The number of carbonyl (C=O) groups excluding carboxylic acids is 1. The molecule has 0 saturated carbocycles. The molecule has 1 heterocycles. The zero-order valence-corrected chi connectivity index (χ0v) is 11.5. The molecule has 17 heavy (non-hydrogen) atoms. The number of pyridine rings is 1. The first-order valence-electron chi connectivity index (χ1n) is 5.43. The summed E-state index contributed by atoms with van der Waals surface area (Å²) in [7, 11) is 0. The van der Waals surface area contributed by atoms with Gasteiger partial charge in [-0.25, -0.2) is 4.98 Å². The molecular formula is C11H17BrN4O. The normalized spacial score (nSPS) is 10.4. The maximum absolute atomic E-state index is 11.4. The number of halogens is 1. The molecule has 5 nitrogen and oxygen atoms in total. The first-order valence-corrected chi connectivity index (χ1v) is 6.22. The Labute approximate surface area is 109 Å². The van der Waals surface area contributed by atoms with Crippen LogP contribution in [0.15, 0.2) is 16.7 Å². The number of amides is 1. The SMILES string of the molecule is CC(C)NC(=O)CCNc1ncc(Br)cc1N. The van der Waals surface area contributed by atoms with Crippen LogP contribution in [0.2, 0.25) is 0 Å². The molecule has 0 aromatic carbocycles. The van der Waals surface area contributed by atoms with Crippen LogP contribution in [0.1, 0.15) is 20.3 Å². The van der Waals surface area contributed by atoms with Crippen LogP contribution in [0.5, 0.6) is 0 Å². The summed E-state index contributed by atoms with van der Waals surface area (Å²) in [6, 6.07) is 1.93. The third-order valence-corrected chi connectivity index (χ3v) is 2.41. The van der Waals surface area contributed by atoms with Crippen molar-refractivity contribution in [2.45, 2.75) is 26.3 Å². The number of nitrogens with one attached hydrogen (secondary N) is 2. The molecule has 0 fully saturated rings. The zero-order chi connectivity index (χ0) is 12.8. The molecule has 0 aliphatic rings. The molecule has 0 aliphatic heterocycles. The van der Waals surface area contributed by atoms with E-state index in [-0.39, 0.29) is 11.9 Å². The lowest BCUT2D eigenvalue weighted by Gasteiger charge is -2.10. The van der Waals surface area contributed by atoms with Gasteiger partial charge in [0.05, 0.1) is 5.69 Å². The van der Waals surface area contributed by atoms with Gasteiger partial charge in [-0.1, -0.05) is 0 Å². The molecule has 0 spiro atoms. The van der Waals surface area contributed by atoms with E-state index >= 15 is 0 Å². The Morgan fingerprint density at radius 2 is 2.29 bits per heavy atom. The number of carbonyl (C=O) groups is 1. The summed E-state index contributed by atoms with van der Waals surface area (Å²) in [5.74, 6) is 0.619. The summed E-state index contributed by atoms with van der Waals surface area (Å²) in [6.45, 7) is 4.37. The smallest absolute Gasteiger partial charge is 0.221 e. The van der Waals surface area contributed by atoms with Crippen molar-refractivity contribution in [1.29, 1.82) is 0 Å². The van der Waals surface area contributed by atoms with Crippen molar-refractivity contribution in [2.75, 3.05) is 17.6 Å². The number of aromatic nitrogens is 1. The average molecular weight is 301 g/mol. The first kappa shape index (κ1) is 13.8. The summed E-state index contributed by atoms with van der Waals surface area (Å²) in [6.07, 6.45) is 2.06. The van der Waals surface area contributed by atoms with Gasteiger partial charge in [0.2, 0.25) is 5.91 Å². The van der Waals surface area contributed by atoms with Gasteiger partial charge >= 0.3 is 0 Å². The standard InChI is InChI=1S/C11H17BrN4O/c1-7(2)16-10(17)3-4-14-11-9(13)5-8(12)6-15-11/h5-7H,3-4,13H2,1-2H3,(H,14,15)(H,16,17). The molecule has 1 rings (SSSR count). The van der Waals surface area contributed by atoms with E-state index < -0.39 is 0 Å². The minimum Gasteiger partial charge on any atom is -0.396 e. The number of rotatable bonds is 5. The third kappa shape index (κ3) is 5.04. The van der Waals surface area contributed by atoms with Crippen LogP contribution >= 0.6 is 15.9 Å². The van der Waals surface area contributed by atoms with Gasteiger partial charge in [-0.15, -0.1) is 0 Å². The molecule has 0 atom stereocenters. The molecule has 1 aromatic heterocycles. The number of hydrogen-bond donors (Lipinski definition) is 3. The summed E-state index contributed by atoms with van der Waals surface area (Å²) >= 11 is 3.28. The van der Waals surface area contributed by atoms with E-state index in [1.165, 1.54) is 0 Å². The van der Waals surface area contributed by atoms with Crippen molar-refractivity contribution < 1.29 is 4.79 Å². The second-order valence-electron chi connectivity index (χ2n) is 3.99. The summed E-state index contributed by atoms with van der Waals surface area (Å²) in [5, 5.41) is 5.84. The molecule has 6 heteroatoms. The number of nitrogens with zero attached hydrogens (tertiary/aromatic N) is 1. The van der Waals surface area contributed by atoms with E-state index in [2.05, 4.69) is 31.5 Å². The lowest BCUT2D eigenvalue weighted by molar-refractivity contribution is -0.121. The summed E-state index contributed by atoms with van der Waals surface area (Å²) < 4.78 is 0.832. The van der Waals surface area contributed by atoms with E-state index in [4.69, 9.17) is 5.73 Å². The maximum Gasteiger partial charge on any atom is 0.221 e. The van der Waals surface area contributed by atoms with Crippen molar-refractivity contribution in [3.05, 3.63) is 16.7 Å². The molecule has 1 amide bonds. The quantitative estimate of drug-likeness (QED) is 0.774. The molecule has 0 radical (unpaired) electrons. The highest BCUT2D eigenvalue weighted by atomic mass is 79.9. The maximum atomic E-state index is 11.4. The molecule has 1 aromatic rings. The predicted octanol–water partition coefficient (Wildman–Crippen LogP) is 1.75. The Balaban J connectivity index is 2.38. The molecular weight excluding hydrogens is 284 g/mol. The predicted molar refractivity (Wildman–Crippen MR) is 72.7 cm³/mol. The molecule has 0 aliphatic carbocycles. The molecule has 0 saturated heterocycles. The average Bonchev–Trinajstić information content (AvgIpc) is 2.20. The highest BCUT2D eigenvalue weighted by Crippen LogP contribution is 2.19. The summed E-state index contributed by atoms with van der Waals surface area (Å²) in [5.41, 5.74) is 6.32. The van der Waals surface area contributed by atoms with Gasteiger partial charge in [0.1, 0.15) is 5.82 Å². The Hall–Kier alpha value is -1.30. The second-order valence-corrected chi connectivity index (χ2v) is 4.91. The molecule has 4 N–H and O–H groups in total. The van der Waals surface area contributed by atoms with Crippen molar-refractivity contribution >= 4 is 33.3 Å². The van der Waals surface area contributed by atoms with Crippen molar-refractivity contribution in [2.24, 2.45) is 0 Å². The van der Waals surface area contributed by atoms with Crippen LogP contribution in [-0.4, -0.2) is 23.5 Å².